The van der Waals surface area contributed by atoms with Crippen molar-refractivity contribution in [2.75, 3.05) is 0 Å². The van der Waals surface area contributed by atoms with E-state index in [0.29, 0.717) is 11.1 Å². The van der Waals surface area contributed by atoms with Gasteiger partial charge in [0.1, 0.15) is 23.4 Å². The van der Waals surface area contributed by atoms with Gasteiger partial charge in [-0.1, -0.05) is 72.8 Å². The lowest BCUT2D eigenvalue weighted by atomic mass is 9.74. The Labute approximate surface area is 506 Å². The highest BCUT2D eigenvalue weighted by molar-refractivity contribution is 5.93. The van der Waals surface area contributed by atoms with E-state index in [4.69, 9.17) is 28.4 Å². The van der Waals surface area contributed by atoms with Gasteiger partial charge in [0, 0.05) is 45.4 Å². The van der Waals surface area contributed by atoms with Gasteiger partial charge in [-0.3, -0.25) is 0 Å². The Kier molecular flexibility index (Phi) is 14.6. The molecule has 3 aliphatic rings. The van der Waals surface area contributed by atoms with Crippen molar-refractivity contribution in [3.05, 3.63) is 213 Å². The van der Waals surface area contributed by atoms with Crippen molar-refractivity contribution in [3.63, 3.8) is 0 Å². The number of benzene rings is 9. The number of phenolic OH excluding ortho intramolecular Hbond substituents is 15. The van der Waals surface area contributed by atoms with Crippen molar-refractivity contribution in [2.24, 2.45) is 0 Å². The number of hydrogen-bond acceptors (Lipinski definition) is 24. The number of para-hydroxylation sites is 3. The molecule has 3 heterocycles. The molecule has 0 radical (unpaired) electrons. The predicted octanol–water partition coefficient (Wildman–Crippen LogP) is 9.15. The lowest BCUT2D eigenvalue weighted by molar-refractivity contribution is -0.0332. The Morgan fingerprint density at radius 1 is 0.333 bits per heavy atom. The van der Waals surface area contributed by atoms with E-state index in [1.165, 1.54) is 30.3 Å². The first kappa shape index (κ1) is 58.2. The molecule has 9 aromatic carbocycles. The Balaban J connectivity index is 1.09. The third-order valence-corrected chi connectivity index (χ3v) is 15.9. The van der Waals surface area contributed by atoms with E-state index in [1.54, 1.807) is 60.7 Å². The van der Waals surface area contributed by atoms with Crippen molar-refractivity contribution in [3.8, 4) is 103 Å². The third kappa shape index (κ3) is 10.4. The Morgan fingerprint density at radius 3 is 1.13 bits per heavy atom. The standard InChI is InChI=1S/C66H50O24/c67-38-14-11-28(17-41(38)70)58-51(86-64(82)31-20-44(73)54(79)45(74)21-31)26-27-5-3-7-35(57(27)87-58)53-37-9-4-8-36(61(37)88-60(30-13-16-40(69)43(72)19-30)63(53)90-66(84)33-24-48(77)56(81)49(78)25-33)52-34-6-1-2-10-50(34)85-59(29-12-15-39(68)42(71)18-29)62(52)89-65(83)32-22-46(75)55(80)47(76)23-32/h1-25,51-53,58-60,62-63,67-81H,26H2/t51-,52-,53-,58-,59-,60-,62-,63-/m1/s1. The Hall–Kier alpha value is -12.2. The first-order valence-corrected chi connectivity index (χ1v) is 27.3. The molecule has 0 saturated carbocycles. The van der Waals surface area contributed by atoms with Gasteiger partial charge >= 0.3 is 17.9 Å². The fourth-order valence-corrected chi connectivity index (χ4v) is 11.6. The van der Waals surface area contributed by atoms with Gasteiger partial charge in [0.05, 0.1) is 28.5 Å². The summed E-state index contributed by atoms with van der Waals surface area (Å²) in [5.74, 6) is -17.5. The highest BCUT2D eigenvalue weighted by atomic mass is 16.6. The first-order chi connectivity index (χ1) is 43.0. The van der Waals surface area contributed by atoms with Crippen LogP contribution in [-0.2, 0) is 20.6 Å². The molecule has 0 saturated heterocycles. The normalized spacial score (nSPS) is 19.7. The minimum atomic E-state index is -1.68. The maximum absolute atomic E-state index is 14.8. The molecule has 24 heteroatoms. The molecule has 12 rings (SSSR count). The largest absolute Gasteiger partial charge is 0.504 e. The van der Waals surface area contributed by atoms with E-state index in [9.17, 15) is 91.0 Å². The molecule has 0 aromatic heterocycles. The van der Waals surface area contributed by atoms with Crippen molar-refractivity contribution in [2.45, 2.75) is 54.9 Å². The number of hydrogen-bond donors (Lipinski definition) is 15. The fraction of sp³-hybridized carbons (Fsp3) is 0.136. The molecule has 0 fully saturated rings. The molecule has 3 aliphatic heterocycles. The quantitative estimate of drug-likeness (QED) is 0.0326. The van der Waals surface area contributed by atoms with E-state index in [2.05, 4.69) is 0 Å². The number of aromatic hydroxyl groups is 15. The van der Waals surface area contributed by atoms with Crippen LogP contribution in [0, 0.1) is 0 Å². The summed E-state index contributed by atoms with van der Waals surface area (Å²) < 4.78 is 39.7. The van der Waals surface area contributed by atoms with Gasteiger partial charge in [0.25, 0.3) is 0 Å². The third-order valence-electron chi connectivity index (χ3n) is 15.9. The van der Waals surface area contributed by atoms with Crippen LogP contribution in [-0.4, -0.2) is 113 Å². The van der Waals surface area contributed by atoms with Crippen LogP contribution in [0.25, 0.3) is 0 Å². The number of phenols is 15. The van der Waals surface area contributed by atoms with Crippen LogP contribution in [0.4, 0.5) is 0 Å². The smallest absolute Gasteiger partial charge is 0.338 e. The minimum Gasteiger partial charge on any atom is -0.504 e. The average molecular weight is 1230 g/mol. The summed E-state index contributed by atoms with van der Waals surface area (Å²) >= 11 is 0. The van der Waals surface area contributed by atoms with E-state index in [1.807, 2.05) is 0 Å². The number of carbonyl (C=O) groups is 3. The molecular formula is C66H50O24. The molecular weight excluding hydrogens is 1180 g/mol. The molecule has 9 aromatic rings. The maximum atomic E-state index is 14.8. The molecule has 8 atom stereocenters. The van der Waals surface area contributed by atoms with Gasteiger partial charge < -0.3 is 105 Å². The minimum absolute atomic E-state index is 0.0251. The van der Waals surface area contributed by atoms with E-state index in [0.717, 1.165) is 60.7 Å². The number of rotatable bonds is 11. The predicted molar refractivity (Wildman–Crippen MR) is 308 cm³/mol. The van der Waals surface area contributed by atoms with Crippen LogP contribution >= 0.6 is 0 Å². The summed E-state index contributed by atoms with van der Waals surface area (Å²) in [6.07, 6.45) is -9.22. The van der Waals surface area contributed by atoms with Gasteiger partial charge in [-0.05, 0) is 84.4 Å². The lowest BCUT2D eigenvalue weighted by Gasteiger charge is -2.44. The van der Waals surface area contributed by atoms with Gasteiger partial charge in [-0.25, -0.2) is 14.4 Å². The zero-order valence-corrected chi connectivity index (χ0v) is 46.1. The number of ether oxygens (including phenoxy) is 6. The van der Waals surface area contributed by atoms with E-state index < -0.39 is 169 Å². The fourth-order valence-electron chi connectivity index (χ4n) is 11.6. The second-order valence-corrected chi connectivity index (χ2v) is 21.4. The zero-order valence-electron chi connectivity index (χ0n) is 46.1. The molecule has 0 unspecified atom stereocenters. The molecule has 0 aliphatic carbocycles. The Bertz CT molecular complexity index is 4340. The number of fused-ring (bicyclic) bond motifs is 3. The highest BCUT2D eigenvalue weighted by Crippen LogP contribution is 2.58. The van der Waals surface area contributed by atoms with Crippen LogP contribution in [0.15, 0.2) is 152 Å². The van der Waals surface area contributed by atoms with Gasteiger partial charge in [0.15, 0.2) is 117 Å². The molecule has 0 spiro atoms. The van der Waals surface area contributed by atoms with Gasteiger partial charge in [-0.15, -0.1) is 0 Å². The zero-order chi connectivity index (χ0) is 63.7. The van der Waals surface area contributed by atoms with Crippen LogP contribution in [0.5, 0.6) is 103 Å². The van der Waals surface area contributed by atoms with Crippen molar-refractivity contribution in [1.29, 1.82) is 0 Å². The van der Waals surface area contributed by atoms with Gasteiger partial charge in [-0.2, -0.15) is 0 Å². The van der Waals surface area contributed by atoms with Crippen molar-refractivity contribution >= 4 is 17.9 Å². The molecule has 0 bridgehead atoms. The maximum Gasteiger partial charge on any atom is 0.338 e. The van der Waals surface area contributed by atoms with Crippen molar-refractivity contribution < 1.29 is 119 Å². The average Bonchev–Trinajstić information content (AvgIpc) is 0.740. The van der Waals surface area contributed by atoms with Gasteiger partial charge in [0.2, 0.25) is 0 Å². The van der Waals surface area contributed by atoms with E-state index >= 15 is 0 Å². The van der Waals surface area contributed by atoms with Crippen LogP contribution in [0.1, 0.15) is 106 Å². The second-order valence-electron chi connectivity index (χ2n) is 21.4. The monoisotopic (exact) mass is 1230 g/mol. The number of carbonyl (C=O) groups excluding carboxylic acids is 3. The summed E-state index contributed by atoms with van der Waals surface area (Å²) in [6.45, 7) is 0. The van der Waals surface area contributed by atoms with Crippen molar-refractivity contribution in [1.82, 2.24) is 0 Å². The summed E-state index contributed by atoms with van der Waals surface area (Å²) in [5, 5.41) is 159. The topological polar surface area (TPSA) is 410 Å². The van der Waals surface area contributed by atoms with E-state index in [-0.39, 0.29) is 57.1 Å². The first-order valence-electron chi connectivity index (χ1n) is 27.3. The molecule has 24 nitrogen and oxygen atoms in total. The van der Waals surface area contributed by atoms with Crippen LogP contribution in [0.3, 0.4) is 0 Å². The molecule has 90 heavy (non-hydrogen) atoms. The van der Waals surface area contributed by atoms with Crippen LogP contribution in [0.2, 0.25) is 0 Å². The number of esters is 3. The lowest BCUT2D eigenvalue weighted by Crippen LogP contribution is -2.42. The summed E-state index contributed by atoms with van der Waals surface area (Å²) in [6, 6.07) is 32.3. The summed E-state index contributed by atoms with van der Waals surface area (Å²) in [7, 11) is 0. The molecule has 0 amide bonds. The highest BCUT2D eigenvalue weighted by Gasteiger charge is 2.51. The summed E-state index contributed by atoms with van der Waals surface area (Å²) in [4.78, 5) is 43.4. The SMILES string of the molecule is O=C(O[C@@H]1[C@@H](c2cccc3c2O[C@H](c2ccc(O)c(O)c2)[C@H](OC(=O)c2cc(O)c(O)c(O)c2)[C@@H]3c2cccc3c2O[C@H](c2ccc(O)c(O)c2)[C@H](OC(=O)c2cc(O)c(O)c(O)c2)C3)c2ccccc2O[C@@H]1c1ccc(O)c(O)c1)c1cc(O)c(O)c(O)c1. The molecule has 15 N–H and O–H groups in total. The molecule has 458 valence electrons. The van der Waals surface area contributed by atoms with Crippen LogP contribution < -0.4 is 14.2 Å². The Morgan fingerprint density at radius 2 is 0.689 bits per heavy atom. The second kappa shape index (κ2) is 22.6. The summed E-state index contributed by atoms with van der Waals surface area (Å²) in [5.41, 5.74) is 0.188.